The molecule has 0 amide bonds. The van der Waals surface area contributed by atoms with E-state index in [1.807, 2.05) is 47.3 Å². The number of nitrogens with one attached hydrogen (secondary N) is 1. The molecule has 0 spiro atoms. The number of rotatable bonds is 5. The third kappa shape index (κ3) is 3.26. The molecular weight excluding hydrogens is 468 g/mol. The van der Waals surface area contributed by atoms with Crippen LogP contribution >= 0.6 is 23.1 Å². The van der Waals surface area contributed by atoms with Crippen molar-refractivity contribution in [1.29, 1.82) is 0 Å². The van der Waals surface area contributed by atoms with Gasteiger partial charge in [-0.05, 0) is 42.0 Å². The minimum atomic E-state index is -0.362. The van der Waals surface area contributed by atoms with Crippen LogP contribution in [0.5, 0.6) is 17.2 Å². The summed E-state index contributed by atoms with van der Waals surface area (Å²) in [6.07, 6.45) is 1.62. The average Bonchev–Trinajstić information content (AvgIpc) is 3.56. The highest BCUT2D eigenvalue weighted by Gasteiger charge is 2.42. The Morgan fingerprint density at radius 3 is 2.68 bits per heavy atom. The predicted octanol–water partition coefficient (Wildman–Crippen LogP) is 5.64. The maximum atomic E-state index is 6.68. The molecule has 0 saturated heterocycles. The summed E-state index contributed by atoms with van der Waals surface area (Å²) >= 11 is 3.23. The van der Waals surface area contributed by atoms with Crippen LogP contribution in [0.1, 0.15) is 28.1 Å². The van der Waals surface area contributed by atoms with Crippen LogP contribution in [0.3, 0.4) is 0 Å². The molecule has 2 aliphatic rings. The lowest BCUT2D eigenvalue weighted by molar-refractivity contribution is 0.222. The lowest BCUT2D eigenvalue weighted by atomic mass is 9.87. The van der Waals surface area contributed by atoms with E-state index in [0.29, 0.717) is 11.5 Å². The number of anilines is 1. The van der Waals surface area contributed by atoms with Crippen molar-refractivity contribution < 1.29 is 14.2 Å². The fourth-order valence-corrected chi connectivity index (χ4v) is 5.73. The highest BCUT2D eigenvalue weighted by molar-refractivity contribution is 7.98. The van der Waals surface area contributed by atoms with Crippen molar-refractivity contribution in [3.8, 4) is 17.2 Å². The van der Waals surface area contributed by atoms with Gasteiger partial charge in [-0.3, -0.25) is 0 Å². The second-order valence-corrected chi connectivity index (χ2v) is 9.60. The molecule has 9 heteroatoms. The first kappa shape index (κ1) is 21.1. The lowest BCUT2D eigenvalue weighted by Crippen LogP contribution is -2.32. The Bertz CT molecular complexity index is 1400. The van der Waals surface area contributed by atoms with Crippen LogP contribution in [0, 0.1) is 0 Å². The number of fused-ring (bicyclic) bond motifs is 3. The van der Waals surface area contributed by atoms with Gasteiger partial charge in [-0.2, -0.15) is 4.98 Å². The van der Waals surface area contributed by atoms with E-state index in [1.54, 1.807) is 25.6 Å². The summed E-state index contributed by atoms with van der Waals surface area (Å²) in [7, 11) is 3.28. The highest BCUT2D eigenvalue weighted by atomic mass is 32.2. The van der Waals surface area contributed by atoms with Gasteiger partial charge in [-0.1, -0.05) is 36.0 Å². The zero-order valence-corrected chi connectivity index (χ0v) is 20.4. The maximum Gasteiger partial charge on any atom is 0.227 e. The third-order valence-corrected chi connectivity index (χ3v) is 7.53. The minimum absolute atomic E-state index is 0.161. The molecule has 2 aliphatic heterocycles. The maximum absolute atomic E-state index is 6.68. The Balaban J connectivity index is 1.60. The standard InChI is InChI=1S/C25H22N4O3S2/c1-30-17-11-10-14(13-18(17)31-2)23-20-21(15-7-4-5-8-16(15)32-23)26-24-27-25(33-3)28-29(24)22(20)19-9-6-12-34-19/h4-13,22-23H,1-3H3,(H,26,27,28)/t22-,23-/m1/s1. The van der Waals surface area contributed by atoms with E-state index in [1.165, 1.54) is 16.6 Å². The van der Waals surface area contributed by atoms with Crippen molar-refractivity contribution in [3.05, 3.63) is 81.6 Å². The summed E-state index contributed by atoms with van der Waals surface area (Å²) in [6, 6.07) is 18.1. The molecule has 4 aromatic rings. The van der Waals surface area contributed by atoms with Gasteiger partial charge in [0, 0.05) is 21.6 Å². The zero-order valence-electron chi connectivity index (χ0n) is 18.8. The summed E-state index contributed by atoms with van der Waals surface area (Å²) < 4.78 is 19.7. The Labute approximate surface area is 205 Å². The molecule has 172 valence electrons. The van der Waals surface area contributed by atoms with Crippen LogP contribution in [0.15, 0.2) is 70.7 Å². The molecule has 34 heavy (non-hydrogen) atoms. The molecule has 0 fully saturated rings. The van der Waals surface area contributed by atoms with Gasteiger partial charge in [0.15, 0.2) is 11.5 Å². The van der Waals surface area contributed by atoms with E-state index >= 15 is 0 Å². The van der Waals surface area contributed by atoms with E-state index in [-0.39, 0.29) is 12.1 Å². The monoisotopic (exact) mass is 490 g/mol. The quantitative estimate of drug-likeness (QED) is 0.363. The van der Waals surface area contributed by atoms with Gasteiger partial charge in [-0.15, -0.1) is 16.4 Å². The minimum Gasteiger partial charge on any atom is -0.493 e. The molecule has 4 heterocycles. The molecule has 1 N–H and O–H groups in total. The summed E-state index contributed by atoms with van der Waals surface area (Å²) in [5.74, 6) is 2.88. The molecule has 0 unspecified atom stereocenters. The molecule has 0 aliphatic carbocycles. The van der Waals surface area contributed by atoms with Gasteiger partial charge < -0.3 is 19.5 Å². The molecule has 6 rings (SSSR count). The molecule has 2 atom stereocenters. The van der Waals surface area contributed by atoms with Gasteiger partial charge in [0.1, 0.15) is 17.9 Å². The Morgan fingerprint density at radius 2 is 1.91 bits per heavy atom. The van der Waals surface area contributed by atoms with Crippen molar-refractivity contribution in [2.24, 2.45) is 0 Å². The number of thioether (sulfide) groups is 1. The van der Waals surface area contributed by atoms with Gasteiger partial charge in [0.2, 0.25) is 11.1 Å². The number of hydrogen-bond acceptors (Lipinski definition) is 8. The summed E-state index contributed by atoms with van der Waals surface area (Å²) in [5, 5.41) is 11.2. The molecule has 2 aromatic carbocycles. The number of thiophene rings is 1. The number of hydrogen-bond donors (Lipinski definition) is 1. The Morgan fingerprint density at radius 1 is 1.06 bits per heavy atom. The SMILES string of the molecule is COc1ccc([C@H]2Oc3ccccc3C3=C2[C@@H](c2cccs2)n2nc(SC)nc2N3)cc1OC. The fourth-order valence-electron chi connectivity index (χ4n) is 4.56. The number of methoxy groups -OCH3 is 2. The molecular formula is C25H22N4O3S2. The zero-order chi connectivity index (χ0) is 23.2. The van der Waals surface area contributed by atoms with Crippen molar-refractivity contribution >= 4 is 34.7 Å². The van der Waals surface area contributed by atoms with Gasteiger partial charge in [0.25, 0.3) is 0 Å². The third-order valence-electron chi connectivity index (χ3n) is 6.07. The van der Waals surface area contributed by atoms with E-state index in [9.17, 15) is 0 Å². The molecule has 0 radical (unpaired) electrons. The number of benzene rings is 2. The normalized spacial score (nSPS) is 18.3. The number of para-hydroxylation sites is 1. The van der Waals surface area contributed by atoms with Gasteiger partial charge >= 0.3 is 0 Å². The second-order valence-electron chi connectivity index (χ2n) is 7.85. The highest BCUT2D eigenvalue weighted by Crippen LogP contribution is 2.52. The first-order valence-corrected chi connectivity index (χ1v) is 12.8. The van der Waals surface area contributed by atoms with Crippen LogP contribution in [-0.2, 0) is 0 Å². The molecule has 0 bridgehead atoms. The molecule has 0 saturated carbocycles. The average molecular weight is 491 g/mol. The largest absolute Gasteiger partial charge is 0.493 e. The van der Waals surface area contributed by atoms with Crippen LogP contribution < -0.4 is 19.5 Å². The van der Waals surface area contributed by atoms with Crippen molar-refractivity contribution in [3.63, 3.8) is 0 Å². The molecule has 7 nitrogen and oxygen atoms in total. The first-order chi connectivity index (χ1) is 16.7. The van der Waals surface area contributed by atoms with Crippen molar-refractivity contribution in [2.45, 2.75) is 17.3 Å². The summed E-state index contributed by atoms with van der Waals surface area (Å²) in [5.41, 5.74) is 4.07. The Kier molecular flexibility index (Phi) is 5.23. The van der Waals surface area contributed by atoms with Crippen molar-refractivity contribution in [1.82, 2.24) is 14.8 Å². The van der Waals surface area contributed by atoms with Gasteiger partial charge in [-0.25, -0.2) is 4.68 Å². The van der Waals surface area contributed by atoms with Crippen LogP contribution in [0.25, 0.3) is 5.70 Å². The summed E-state index contributed by atoms with van der Waals surface area (Å²) in [6.45, 7) is 0. The van der Waals surface area contributed by atoms with E-state index < -0.39 is 0 Å². The van der Waals surface area contributed by atoms with Crippen molar-refractivity contribution in [2.75, 3.05) is 25.8 Å². The smallest absolute Gasteiger partial charge is 0.227 e. The molecule has 2 aromatic heterocycles. The van der Waals surface area contributed by atoms with Crippen LogP contribution in [0.2, 0.25) is 0 Å². The fraction of sp³-hybridized carbons (Fsp3) is 0.200. The lowest BCUT2D eigenvalue weighted by Gasteiger charge is -2.38. The predicted molar refractivity (Wildman–Crippen MR) is 134 cm³/mol. The topological polar surface area (TPSA) is 70.4 Å². The Hall–Kier alpha value is -3.43. The van der Waals surface area contributed by atoms with E-state index in [2.05, 4.69) is 28.9 Å². The van der Waals surface area contributed by atoms with E-state index in [4.69, 9.17) is 24.3 Å². The number of ether oxygens (including phenoxy) is 3. The number of aromatic nitrogens is 3. The van der Waals surface area contributed by atoms with Crippen LogP contribution in [-0.4, -0.2) is 35.2 Å². The van der Waals surface area contributed by atoms with Crippen LogP contribution in [0.4, 0.5) is 5.95 Å². The summed E-state index contributed by atoms with van der Waals surface area (Å²) in [4.78, 5) is 5.91. The second kappa shape index (κ2) is 8.41. The first-order valence-electron chi connectivity index (χ1n) is 10.7. The number of nitrogens with zero attached hydrogens (tertiary/aromatic N) is 3. The van der Waals surface area contributed by atoms with Gasteiger partial charge in [0.05, 0.1) is 19.9 Å². The van der Waals surface area contributed by atoms with E-state index in [0.717, 1.165) is 39.3 Å².